The van der Waals surface area contributed by atoms with Crippen molar-refractivity contribution in [2.24, 2.45) is 5.10 Å². The molecule has 0 unspecified atom stereocenters. The summed E-state index contributed by atoms with van der Waals surface area (Å²) < 4.78 is 0. The number of benzene rings is 1. The summed E-state index contributed by atoms with van der Waals surface area (Å²) >= 11 is 0. The van der Waals surface area contributed by atoms with E-state index in [9.17, 15) is 0 Å². The fraction of sp³-hybridized carbons (Fsp3) is 0.357. The first kappa shape index (κ1) is 12.5. The van der Waals surface area contributed by atoms with Gasteiger partial charge in [-0.2, -0.15) is 5.10 Å². The van der Waals surface area contributed by atoms with E-state index in [0.717, 1.165) is 24.2 Å². The summed E-state index contributed by atoms with van der Waals surface area (Å²) in [5.41, 5.74) is 6.57. The van der Waals surface area contributed by atoms with E-state index in [1.165, 1.54) is 5.57 Å². The lowest BCUT2D eigenvalue weighted by Crippen LogP contribution is -1.96. The molecular formula is C14H20N2. The number of rotatable bonds is 5. The van der Waals surface area contributed by atoms with Crippen LogP contribution in [-0.2, 0) is 0 Å². The van der Waals surface area contributed by atoms with Crippen molar-refractivity contribution >= 4 is 11.4 Å². The van der Waals surface area contributed by atoms with E-state index < -0.39 is 0 Å². The third-order valence-corrected chi connectivity index (χ3v) is 2.21. The molecular weight excluding hydrogens is 196 g/mol. The van der Waals surface area contributed by atoms with E-state index in [0.29, 0.717) is 0 Å². The molecule has 0 atom stereocenters. The minimum Gasteiger partial charge on any atom is -0.279 e. The van der Waals surface area contributed by atoms with Crippen LogP contribution in [0.4, 0.5) is 5.69 Å². The van der Waals surface area contributed by atoms with Gasteiger partial charge in [-0.15, -0.1) is 0 Å². The van der Waals surface area contributed by atoms with Gasteiger partial charge in [0.15, 0.2) is 0 Å². The maximum atomic E-state index is 4.33. The summed E-state index contributed by atoms with van der Waals surface area (Å²) in [6, 6.07) is 10.0. The SMILES string of the molecule is CC(C)=CCC/C(C)=N/Nc1ccccc1. The van der Waals surface area contributed by atoms with Gasteiger partial charge >= 0.3 is 0 Å². The van der Waals surface area contributed by atoms with Crippen LogP contribution in [0.25, 0.3) is 0 Å². The molecule has 0 aliphatic heterocycles. The van der Waals surface area contributed by atoms with Gasteiger partial charge in [-0.05, 0) is 45.7 Å². The first-order chi connectivity index (χ1) is 7.68. The highest BCUT2D eigenvalue weighted by Crippen LogP contribution is 2.05. The zero-order chi connectivity index (χ0) is 11.8. The fourth-order valence-corrected chi connectivity index (χ4v) is 1.30. The van der Waals surface area contributed by atoms with Crippen molar-refractivity contribution < 1.29 is 0 Å². The maximum Gasteiger partial charge on any atom is 0.0561 e. The average Bonchev–Trinajstić information content (AvgIpc) is 2.27. The monoisotopic (exact) mass is 216 g/mol. The zero-order valence-electron chi connectivity index (χ0n) is 10.3. The van der Waals surface area contributed by atoms with E-state index in [1.807, 2.05) is 30.3 Å². The van der Waals surface area contributed by atoms with Crippen molar-refractivity contribution in [2.75, 3.05) is 5.43 Å². The molecule has 1 aromatic rings. The summed E-state index contributed by atoms with van der Waals surface area (Å²) in [7, 11) is 0. The first-order valence-corrected chi connectivity index (χ1v) is 5.66. The van der Waals surface area contributed by atoms with Crippen molar-refractivity contribution in [3.8, 4) is 0 Å². The Hall–Kier alpha value is -1.57. The molecule has 0 aliphatic carbocycles. The van der Waals surface area contributed by atoms with Crippen molar-refractivity contribution in [1.29, 1.82) is 0 Å². The van der Waals surface area contributed by atoms with Gasteiger partial charge in [0.2, 0.25) is 0 Å². The highest BCUT2D eigenvalue weighted by Gasteiger charge is 1.91. The van der Waals surface area contributed by atoms with Gasteiger partial charge in [0, 0.05) is 5.71 Å². The molecule has 2 nitrogen and oxygen atoms in total. The Morgan fingerprint density at radius 2 is 1.88 bits per heavy atom. The summed E-state index contributed by atoms with van der Waals surface area (Å²) in [5.74, 6) is 0. The molecule has 2 heteroatoms. The fourth-order valence-electron chi connectivity index (χ4n) is 1.30. The molecule has 0 amide bonds. The molecule has 1 aromatic carbocycles. The number of hydrogen-bond acceptors (Lipinski definition) is 2. The van der Waals surface area contributed by atoms with Crippen LogP contribution in [0.5, 0.6) is 0 Å². The molecule has 1 rings (SSSR count). The Kier molecular flexibility index (Phi) is 5.34. The van der Waals surface area contributed by atoms with E-state index in [4.69, 9.17) is 0 Å². The third-order valence-electron chi connectivity index (χ3n) is 2.21. The van der Waals surface area contributed by atoms with Crippen LogP contribution in [0.2, 0.25) is 0 Å². The minimum atomic E-state index is 1.00. The molecule has 0 spiro atoms. The topological polar surface area (TPSA) is 24.4 Å². The number of hydrogen-bond donors (Lipinski definition) is 1. The van der Waals surface area contributed by atoms with Crippen LogP contribution in [-0.4, -0.2) is 5.71 Å². The molecule has 0 heterocycles. The van der Waals surface area contributed by atoms with Crippen LogP contribution < -0.4 is 5.43 Å². The lowest BCUT2D eigenvalue weighted by molar-refractivity contribution is 1.06. The molecule has 1 N–H and O–H groups in total. The number of allylic oxidation sites excluding steroid dienone is 2. The van der Waals surface area contributed by atoms with Crippen molar-refractivity contribution in [1.82, 2.24) is 0 Å². The van der Waals surface area contributed by atoms with Crippen LogP contribution in [0.1, 0.15) is 33.6 Å². The molecule has 0 aromatic heterocycles. The molecule has 0 bridgehead atoms. The highest BCUT2D eigenvalue weighted by atomic mass is 15.3. The third kappa shape index (κ3) is 5.35. The van der Waals surface area contributed by atoms with E-state index in [-0.39, 0.29) is 0 Å². The smallest absolute Gasteiger partial charge is 0.0561 e. The standard InChI is InChI=1S/C14H20N2/c1-12(2)8-7-9-13(3)15-16-14-10-5-4-6-11-14/h4-6,8,10-11,16H,7,9H2,1-3H3/b15-13+. The molecule has 0 radical (unpaired) electrons. The van der Waals surface area contributed by atoms with Gasteiger partial charge < -0.3 is 0 Å². The normalized spacial score (nSPS) is 11.1. The van der Waals surface area contributed by atoms with Crippen LogP contribution in [0, 0.1) is 0 Å². The van der Waals surface area contributed by atoms with Gasteiger partial charge in [-0.1, -0.05) is 29.8 Å². The maximum absolute atomic E-state index is 4.33. The quantitative estimate of drug-likeness (QED) is 0.445. The largest absolute Gasteiger partial charge is 0.279 e. The summed E-state index contributed by atoms with van der Waals surface area (Å²) in [5, 5.41) is 4.33. The number of hydrazone groups is 1. The summed E-state index contributed by atoms with van der Waals surface area (Å²) in [4.78, 5) is 0. The van der Waals surface area contributed by atoms with Crippen LogP contribution >= 0.6 is 0 Å². The molecule has 0 saturated carbocycles. The summed E-state index contributed by atoms with van der Waals surface area (Å²) in [6.07, 6.45) is 4.31. The van der Waals surface area contributed by atoms with Crippen LogP contribution in [0.15, 0.2) is 47.1 Å². The van der Waals surface area contributed by atoms with E-state index in [2.05, 4.69) is 37.4 Å². The van der Waals surface area contributed by atoms with Gasteiger partial charge in [0.25, 0.3) is 0 Å². The molecule has 16 heavy (non-hydrogen) atoms. The van der Waals surface area contributed by atoms with Gasteiger partial charge in [0.1, 0.15) is 0 Å². The molecule has 0 aliphatic rings. The second-order valence-corrected chi connectivity index (χ2v) is 4.15. The second-order valence-electron chi connectivity index (χ2n) is 4.15. The second kappa shape index (κ2) is 6.83. The van der Waals surface area contributed by atoms with Crippen LogP contribution in [0.3, 0.4) is 0 Å². The van der Waals surface area contributed by atoms with Crippen molar-refractivity contribution in [3.05, 3.63) is 42.0 Å². The average molecular weight is 216 g/mol. The van der Waals surface area contributed by atoms with E-state index in [1.54, 1.807) is 0 Å². The Balaban J connectivity index is 2.37. The van der Waals surface area contributed by atoms with Gasteiger partial charge in [-0.25, -0.2) is 0 Å². The molecule has 86 valence electrons. The lowest BCUT2D eigenvalue weighted by Gasteiger charge is -2.02. The number of para-hydroxylation sites is 1. The van der Waals surface area contributed by atoms with E-state index >= 15 is 0 Å². The summed E-state index contributed by atoms with van der Waals surface area (Å²) in [6.45, 7) is 6.29. The van der Waals surface area contributed by atoms with Gasteiger partial charge in [-0.3, -0.25) is 5.43 Å². The zero-order valence-corrected chi connectivity index (χ0v) is 10.3. The molecule has 0 fully saturated rings. The Bertz CT molecular complexity index is 360. The Labute approximate surface area is 98.1 Å². The highest BCUT2D eigenvalue weighted by molar-refractivity contribution is 5.82. The predicted molar refractivity (Wildman–Crippen MR) is 71.8 cm³/mol. The molecule has 0 saturated heterocycles. The Morgan fingerprint density at radius 1 is 1.19 bits per heavy atom. The predicted octanol–water partition coefficient (Wildman–Crippen LogP) is 4.22. The first-order valence-electron chi connectivity index (χ1n) is 5.66. The van der Waals surface area contributed by atoms with Crippen molar-refractivity contribution in [3.63, 3.8) is 0 Å². The number of anilines is 1. The van der Waals surface area contributed by atoms with Gasteiger partial charge in [0.05, 0.1) is 5.69 Å². The number of nitrogens with zero attached hydrogens (tertiary/aromatic N) is 1. The van der Waals surface area contributed by atoms with Crippen molar-refractivity contribution in [2.45, 2.75) is 33.6 Å². The minimum absolute atomic E-state index is 1.00. The number of nitrogens with one attached hydrogen (secondary N) is 1. The lowest BCUT2D eigenvalue weighted by atomic mass is 10.2. The Morgan fingerprint density at radius 3 is 2.50 bits per heavy atom.